The Morgan fingerprint density at radius 3 is 2.67 bits per heavy atom. The summed E-state index contributed by atoms with van der Waals surface area (Å²) in [5.74, 6) is -2.92. The second-order valence-corrected chi connectivity index (χ2v) is 4.60. The molecule has 0 amide bonds. The number of nitrogens with one attached hydrogen (secondary N) is 1. The van der Waals surface area contributed by atoms with Crippen LogP contribution in [0.1, 0.15) is 5.56 Å². The molecule has 0 fully saturated rings. The summed E-state index contributed by atoms with van der Waals surface area (Å²) in [7, 11) is 1.40. The van der Waals surface area contributed by atoms with Gasteiger partial charge in [-0.1, -0.05) is 0 Å². The Kier molecular flexibility index (Phi) is 5.30. The van der Waals surface area contributed by atoms with Gasteiger partial charge in [0, 0.05) is 6.54 Å². The molecule has 0 aromatic heterocycles. The monoisotopic (exact) mass is 325 g/mol. The van der Waals surface area contributed by atoms with E-state index in [0.29, 0.717) is 10.0 Å². The number of aromatic hydroxyl groups is 1. The van der Waals surface area contributed by atoms with Crippen LogP contribution in [0, 0.1) is 0 Å². The first-order chi connectivity index (χ1) is 8.39. The van der Waals surface area contributed by atoms with Crippen LogP contribution in [0.5, 0.6) is 11.5 Å². The Hall–Kier alpha value is -0.920. The van der Waals surface area contributed by atoms with Crippen molar-refractivity contribution in [2.24, 2.45) is 0 Å². The summed E-state index contributed by atoms with van der Waals surface area (Å²) in [5, 5.41) is 20.5. The highest BCUT2D eigenvalue weighted by molar-refractivity contribution is 9.10. The molecule has 0 aliphatic heterocycles. The molecule has 0 aliphatic rings. The minimum absolute atomic E-state index is 0.0399. The van der Waals surface area contributed by atoms with Crippen LogP contribution in [0.25, 0.3) is 0 Å². The number of rotatable bonds is 6. The summed E-state index contributed by atoms with van der Waals surface area (Å²) in [6.45, 7) is -1.64. The molecule has 0 bridgehead atoms. The summed E-state index contributed by atoms with van der Waals surface area (Å²) in [5.41, 5.74) is 0.672. The van der Waals surface area contributed by atoms with Crippen molar-refractivity contribution in [2.75, 3.05) is 20.3 Å². The zero-order chi connectivity index (χ0) is 13.8. The number of hydrogen-bond acceptors (Lipinski definition) is 4. The lowest BCUT2D eigenvalue weighted by atomic mass is 10.2. The van der Waals surface area contributed by atoms with Crippen molar-refractivity contribution in [2.45, 2.75) is 12.5 Å². The molecular formula is C11H14BrF2NO3. The molecule has 18 heavy (non-hydrogen) atoms. The number of phenolic OH excluding ortho intramolecular Hbond substituents is 1. The first-order valence-electron chi connectivity index (χ1n) is 5.14. The van der Waals surface area contributed by atoms with Crippen molar-refractivity contribution in [3.63, 3.8) is 0 Å². The van der Waals surface area contributed by atoms with Gasteiger partial charge < -0.3 is 20.3 Å². The fourth-order valence-corrected chi connectivity index (χ4v) is 1.82. The van der Waals surface area contributed by atoms with E-state index in [1.54, 1.807) is 12.1 Å². The van der Waals surface area contributed by atoms with E-state index in [4.69, 9.17) is 9.84 Å². The number of aliphatic hydroxyl groups is 1. The van der Waals surface area contributed by atoms with Crippen molar-refractivity contribution < 1.29 is 23.7 Å². The summed E-state index contributed by atoms with van der Waals surface area (Å²) < 4.78 is 30.9. The maximum atomic E-state index is 12.8. The van der Waals surface area contributed by atoms with E-state index in [1.807, 2.05) is 0 Å². The molecule has 7 heteroatoms. The Bertz CT molecular complexity index is 416. The van der Waals surface area contributed by atoms with Gasteiger partial charge in [0.15, 0.2) is 11.5 Å². The highest BCUT2D eigenvalue weighted by atomic mass is 79.9. The number of phenols is 1. The first kappa shape index (κ1) is 15.1. The molecule has 0 aliphatic carbocycles. The molecule has 0 spiro atoms. The molecule has 4 nitrogen and oxygen atoms in total. The van der Waals surface area contributed by atoms with Crippen LogP contribution >= 0.6 is 15.9 Å². The maximum Gasteiger partial charge on any atom is 0.282 e. The molecule has 0 radical (unpaired) electrons. The van der Waals surface area contributed by atoms with E-state index in [9.17, 15) is 13.9 Å². The number of alkyl halides is 2. The van der Waals surface area contributed by atoms with Crippen molar-refractivity contribution in [3.8, 4) is 11.5 Å². The lowest BCUT2D eigenvalue weighted by Gasteiger charge is -2.14. The van der Waals surface area contributed by atoms with Crippen LogP contribution < -0.4 is 10.1 Å². The molecule has 102 valence electrons. The normalized spacial score (nSPS) is 11.6. The van der Waals surface area contributed by atoms with Gasteiger partial charge in [0.2, 0.25) is 0 Å². The number of hydrogen-bond donors (Lipinski definition) is 3. The summed E-state index contributed by atoms with van der Waals surface area (Å²) in [6, 6.07) is 3.14. The quantitative estimate of drug-likeness (QED) is 0.747. The summed E-state index contributed by atoms with van der Waals surface area (Å²) >= 11 is 3.14. The second kappa shape index (κ2) is 6.31. The zero-order valence-electron chi connectivity index (χ0n) is 9.71. The minimum atomic E-state index is -3.14. The molecule has 0 saturated heterocycles. The van der Waals surface area contributed by atoms with Gasteiger partial charge in [0.05, 0.1) is 18.1 Å². The number of methoxy groups -OCH3 is 1. The third-order valence-corrected chi connectivity index (χ3v) is 2.86. The van der Waals surface area contributed by atoms with Crippen LogP contribution in [0.4, 0.5) is 8.78 Å². The van der Waals surface area contributed by atoms with Crippen LogP contribution in [-0.2, 0) is 6.54 Å². The zero-order valence-corrected chi connectivity index (χ0v) is 11.3. The highest BCUT2D eigenvalue weighted by Crippen LogP contribution is 2.35. The molecule has 0 unspecified atom stereocenters. The average molecular weight is 326 g/mol. The van der Waals surface area contributed by atoms with E-state index >= 15 is 0 Å². The summed E-state index contributed by atoms with van der Waals surface area (Å²) in [4.78, 5) is 0. The highest BCUT2D eigenvalue weighted by Gasteiger charge is 2.26. The fraction of sp³-hybridized carbons (Fsp3) is 0.455. The van der Waals surface area contributed by atoms with Gasteiger partial charge in [-0.2, -0.15) is 0 Å². The number of halogens is 3. The molecule has 0 atom stereocenters. The van der Waals surface area contributed by atoms with E-state index < -0.39 is 19.1 Å². The standard InChI is InChI=1S/C11H14BrF2NO3/c1-18-9-3-7(2-8(12)10(9)17)4-15-5-11(13,14)6-16/h2-3,15-17H,4-6H2,1H3. The van der Waals surface area contributed by atoms with E-state index in [2.05, 4.69) is 21.2 Å². The van der Waals surface area contributed by atoms with E-state index in [0.717, 1.165) is 0 Å². The van der Waals surface area contributed by atoms with E-state index in [-0.39, 0.29) is 18.0 Å². The van der Waals surface area contributed by atoms with Crippen LogP contribution in [0.3, 0.4) is 0 Å². The largest absolute Gasteiger partial charge is 0.503 e. The van der Waals surface area contributed by atoms with Crippen LogP contribution in [0.15, 0.2) is 16.6 Å². The third kappa shape index (κ3) is 4.08. The smallest absolute Gasteiger partial charge is 0.282 e. The fourth-order valence-electron chi connectivity index (χ4n) is 1.33. The number of benzene rings is 1. The molecule has 1 rings (SSSR count). The molecular weight excluding hydrogens is 312 g/mol. The SMILES string of the molecule is COc1cc(CNCC(F)(F)CO)cc(Br)c1O. The van der Waals surface area contributed by atoms with Crippen LogP contribution in [0.2, 0.25) is 0 Å². The van der Waals surface area contributed by atoms with Gasteiger partial charge in [-0.3, -0.25) is 0 Å². The van der Waals surface area contributed by atoms with Crippen LogP contribution in [-0.4, -0.2) is 36.4 Å². The maximum absolute atomic E-state index is 12.8. The molecule has 0 heterocycles. The predicted octanol–water partition coefficient (Wildman–Crippen LogP) is 1.88. The number of aliphatic hydroxyl groups excluding tert-OH is 1. The van der Waals surface area contributed by atoms with Gasteiger partial charge in [0.25, 0.3) is 5.92 Å². The molecule has 0 saturated carbocycles. The molecule has 1 aromatic carbocycles. The first-order valence-corrected chi connectivity index (χ1v) is 5.93. The van der Waals surface area contributed by atoms with Gasteiger partial charge in [-0.05, 0) is 33.6 Å². The average Bonchev–Trinajstić information content (AvgIpc) is 2.33. The summed E-state index contributed by atoms with van der Waals surface area (Å²) in [6.07, 6.45) is 0. The molecule has 1 aromatic rings. The Morgan fingerprint density at radius 1 is 1.44 bits per heavy atom. The topological polar surface area (TPSA) is 61.7 Å². The van der Waals surface area contributed by atoms with Crippen molar-refractivity contribution in [3.05, 3.63) is 22.2 Å². The number of ether oxygens (including phenoxy) is 1. The Labute approximate surface area is 112 Å². The Balaban J connectivity index is 2.66. The van der Waals surface area contributed by atoms with E-state index in [1.165, 1.54) is 7.11 Å². The van der Waals surface area contributed by atoms with Gasteiger partial charge in [-0.25, -0.2) is 8.78 Å². The minimum Gasteiger partial charge on any atom is -0.503 e. The lowest BCUT2D eigenvalue weighted by molar-refractivity contribution is -0.0477. The van der Waals surface area contributed by atoms with Gasteiger partial charge >= 0.3 is 0 Å². The predicted molar refractivity (Wildman–Crippen MR) is 66.1 cm³/mol. The Morgan fingerprint density at radius 2 is 2.11 bits per heavy atom. The third-order valence-electron chi connectivity index (χ3n) is 2.25. The van der Waals surface area contributed by atoms with Gasteiger partial charge in [-0.15, -0.1) is 0 Å². The lowest BCUT2D eigenvalue weighted by Crippen LogP contribution is -2.35. The molecule has 3 N–H and O–H groups in total. The van der Waals surface area contributed by atoms with Gasteiger partial charge in [0.1, 0.15) is 6.61 Å². The van der Waals surface area contributed by atoms with Crippen molar-refractivity contribution >= 4 is 15.9 Å². The van der Waals surface area contributed by atoms with Crippen molar-refractivity contribution in [1.82, 2.24) is 5.32 Å². The van der Waals surface area contributed by atoms with Crippen molar-refractivity contribution in [1.29, 1.82) is 0 Å². The second-order valence-electron chi connectivity index (χ2n) is 3.75.